The van der Waals surface area contributed by atoms with Crippen molar-refractivity contribution in [3.63, 3.8) is 0 Å². The molecule has 0 saturated carbocycles. The lowest BCUT2D eigenvalue weighted by Crippen LogP contribution is -2.51. The van der Waals surface area contributed by atoms with E-state index >= 15 is 0 Å². The van der Waals surface area contributed by atoms with Crippen molar-refractivity contribution >= 4 is 16.7 Å². The van der Waals surface area contributed by atoms with Gasteiger partial charge in [-0.15, -0.1) is 0 Å². The van der Waals surface area contributed by atoms with Crippen LogP contribution in [-0.2, 0) is 4.79 Å². The molecule has 4 nitrogen and oxygen atoms in total. The number of fused-ring (bicyclic) bond motifs is 1. The van der Waals surface area contributed by atoms with Gasteiger partial charge in [-0.05, 0) is 42.7 Å². The molecule has 152 valence electrons. The Kier molecular flexibility index (Phi) is 5.32. The van der Waals surface area contributed by atoms with E-state index in [1.54, 1.807) is 32.0 Å². The van der Waals surface area contributed by atoms with Gasteiger partial charge in [-0.25, -0.2) is 0 Å². The summed E-state index contributed by atoms with van der Waals surface area (Å²) in [5.41, 5.74) is 1.42. The fourth-order valence-corrected chi connectivity index (χ4v) is 3.51. The van der Waals surface area contributed by atoms with Crippen molar-refractivity contribution in [2.45, 2.75) is 51.9 Å². The topological polar surface area (TPSA) is 41.6 Å². The Labute approximate surface area is 162 Å². The van der Waals surface area contributed by atoms with Crippen molar-refractivity contribution in [2.75, 3.05) is 6.61 Å². The second-order valence-electron chi connectivity index (χ2n) is 8.28. The number of hydrogen-bond donors (Lipinski definition) is 1. The van der Waals surface area contributed by atoms with Crippen LogP contribution < -0.4 is 10.2 Å². The van der Waals surface area contributed by atoms with Gasteiger partial charge in [0.05, 0.1) is 6.61 Å². The molecular formula is C21H25F3N2O2. The summed E-state index contributed by atoms with van der Waals surface area (Å²) in [4.78, 5) is 11.9. The van der Waals surface area contributed by atoms with Gasteiger partial charge in [0.2, 0.25) is 5.91 Å². The zero-order valence-electron chi connectivity index (χ0n) is 16.4. The van der Waals surface area contributed by atoms with Crippen molar-refractivity contribution in [1.82, 2.24) is 10.4 Å². The predicted molar refractivity (Wildman–Crippen MR) is 102 cm³/mol. The van der Waals surface area contributed by atoms with E-state index in [0.717, 1.165) is 10.4 Å². The van der Waals surface area contributed by atoms with Crippen molar-refractivity contribution in [2.24, 2.45) is 5.92 Å². The summed E-state index contributed by atoms with van der Waals surface area (Å²) in [6, 6.07) is 8.38. The number of benzene rings is 2. The molecule has 1 unspecified atom stereocenters. The molecule has 1 aliphatic rings. The van der Waals surface area contributed by atoms with Crippen LogP contribution in [0.2, 0.25) is 0 Å². The first kappa shape index (κ1) is 20.5. The van der Waals surface area contributed by atoms with E-state index in [-0.39, 0.29) is 23.7 Å². The van der Waals surface area contributed by atoms with E-state index in [1.165, 1.54) is 6.07 Å². The minimum absolute atomic E-state index is 0.00197. The smallest absolute Gasteiger partial charge is 0.410 e. The maximum atomic E-state index is 14.3. The first-order valence-corrected chi connectivity index (χ1v) is 9.30. The number of nitrogens with zero attached hydrogens (tertiary/aromatic N) is 1. The molecule has 0 aromatic heterocycles. The second kappa shape index (κ2) is 7.28. The molecule has 1 N–H and O–H groups in total. The molecule has 2 aromatic rings. The van der Waals surface area contributed by atoms with E-state index in [9.17, 15) is 18.0 Å². The van der Waals surface area contributed by atoms with Crippen LogP contribution in [0.25, 0.3) is 10.8 Å². The number of rotatable bonds is 5. The van der Waals surface area contributed by atoms with E-state index in [1.807, 2.05) is 26.0 Å². The van der Waals surface area contributed by atoms with Crippen LogP contribution in [0.1, 0.15) is 45.7 Å². The van der Waals surface area contributed by atoms with E-state index < -0.39 is 23.7 Å². The summed E-state index contributed by atoms with van der Waals surface area (Å²) in [6.45, 7) is 7.42. The number of amides is 1. The molecule has 1 atom stereocenters. The normalized spacial score (nSPS) is 18.5. The lowest BCUT2D eigenvalue weighted by atomic mass is 9.95. The first-order chi connectivity index (χ1) is 13.0. The average Bonchev–Trinajstić information content (AvgIpc) is 2.83. The van der Waals surface area contributed by atoms with E-state index in [2.05, 4.69) is 5.43 Å². The molecule has 1 saturated heterocycles. The van der Waals surface area contributed by atoms with Gasteiger partial charge in [-0.1, -0.05) is 38.1 Å². The lowest BCUT2D eigenvalue weighted by Gasteiger charge is -2.38. The highest BCUT2D eigenvalue weighted by Gasteiger charge is 2.54. The van der Waals surface area contributed by atoms with Gasteiger partial charge in [-0.2, -0.15) is 18.2 Å². The van der Waals surface area contributed by atoms with Crippen LogP contribution in [0.5, 0.6) is 5.75 Å². The Hall–Kier alpha value is -2.28. The van der Waals surface area contributed by atoms with Gasteiger partial charge in [0.25, 0.3) is 0 Å². The van der Waals surface area contributed by atoms with Crippen LogP contribution in [0.15, 0.2) is 36.4 Å². The third-order valence-corrected chi connectivity index (χ3v) is 4.80. The molecule has 0 bridgehead atoms. The number of hydrogen-bond acceptors (Lipinski definition) is 3. The molecule has 2 aromatic carbocycles. The van der Waals surface area contributed by atoms with Gasteiger partial charge in [0.1, 0.15) is 5.75 Å². The van der Waals surface area contributed by atoms with E-state index in [0.29, 0.717) is 12.0 Å². The molecule has 1 aliphatic heterocycles. The Morgan fingerprint density at radius 1 is 1.18 bits per heavy atom. The monoisotopic (exact) mass is 394 g/mol. The molecule has 7 heteroatoms. The minimum atomic E-state index is -4.60. The summed E-state index contributed by atoms with van der Waals surface area (Å²) >= 11 is 0. The Morgan fingerprint density at radius 3 is 2.29 bits per heavy atom. The van der Waals surface area contributed by atoms with Crippen LogP contribution in [-0.4, -0.2) is 29.2 Å². The Balaban J connectivity index is 2.18. The highest BCUT2D eigenvalue weighted by Crippen LogP contribution is 2.46. The minimum Gasteiger partial charge on any atom is -0.493 e. The van der Waals surface area contributed by atoms with Gasteiger partial charge in [0.15, 0.2) is 6.04 Å². The molecule has 28 heavy (non-hydrogen) atoms. The molecule has 1 amide bonds. The number of carbonyl (C=O) groups is 1. The number of hydrazine groups is 1. The Morgan fingerprint density at radius 2 is 1.79 bits per heavy atom. The number of nitrogens with one attached hydrogen (secondary N) is 1. The van der Waals surface area contributed by atoms with Gasteiger partial charge < -0.3 is 4.74 Å². The highest BCUT2D eigenvalue weighted by molar-refractivity contribution is 5.85. The maximum Gasteiger partial charge on any atom is 0.410 e. The summed E-state index contributed by atoms with van der Waals surface area (Å²) in [6.07, 6.45) is -4.61. The number of alkyl halides is 3. The largest absolute Gasteiger partial charge is 0.493 e. The molecule has 3 rings (SSSR count). The van der Waals surface area contributed by atoms with Crippen molar-refractivity contribution in [1.29, 1.82) is 0 Å². The zero-order chi connectivity index (χ0) is 20.7. The zero-order valence-corrected chi connectivity index (χ0v) is 16.4. The maximum absolute atomic E-state index is 14.3. The fourth-order valence-electron chi connectivity index (χ4n) is 3.51. The first-order valence-electron chi connectivity index (χ1n) is 9.30. The van der Waals surface area contributed by atoms with Crippen molar-refractivity contribution in [3.05, 3.63) is 42.0 Å². The summed E-state index contributed by atoms with van der Waals surface area (Å²) in [5.74, 6) is -0.0806. The molecule has 1 fully saturated rings. The van der Waals surface area contributed by atoms with Crippen LogP contribution in [0.3, 0.4) is 0 Å². The average molecular weight is 394 g/mol. The standard InChI is InChI=1S/C21H25F3N2O2/c1-13(2)12-28-17-10-15-8-6-5-7-14(15)9-16(17)19(21(22,23)24)26-20(3,4)11-18(27)25-26/h5-10,13,19H,11-12H2,1-4H3,(H,25,27). The van der Waals surface area contributed by atoms with Crippen LogP contribution in [0, 0.1) is 5.92 Å². The fraction of sp³-hybridized carbons (Fsp3) is 0.476. The second-order valence-corrected chi connectivity index (χ2v) is 8.28. The summed E-state index contributed by atoms with van der Waals surface area (Å²) in [7, 11) is 0. The number of ether oxygens (including phenoxy) is 1. The molecular weight excluding hydrogens is 369 g/mol. The quantitative estimate of drug-likeness (QED) is 0.777. The summed E-state index contributed by atoms with van der Waals surface area (Å²) in [5, 5.41) is 2.50. The van der Waals surface area contributed by atoms with Gasteiger partial charge in [-0.3, -0.25) is 10.2 Å². The van der Waals surface area contributed by atoms with Crippen LogP contribution in [0.4, 0.5) is 13.2 Å². The lowest BCUT2D eigenvalue weighted by molar-refractivity contribution is -0.204. The molecule has 0 aliphatic carbocycles. The third-order valence-electron chi connectivity index (χ3n) is 4.80. The third kappa shape index (κ3) is 4.09. The summed E-state index contributed by atoms with van der Waals surface area (Å²) < 4.78 is 48.6. The Bertz CT molecular complexity index is 878. The van der Waals surface area contributed by atoms with Gasteiger partial charge >= 0.3 is 6.18 Å². The number of carbonyl (C=O) groups excluding carboxylic acids is 1. The van der Waals surface area contributed by atoms with Crippen molar-refractivity contribution in [3.8, 4) is 5.75 Å². The van der Waals surface area contributed by atoms with Gasteiger partial charge in [0, 0.05) is 17.5 Å². The predicted octanol–water partition coefficient (Wildman–Crippen LogP) is 4.99. The number of halogens is 3. The van der Waals surface area contributed by atoms with Crippen molar-refractivity contribution < 1.29 is 22.7 Å². The van der Waals surface area contributed by atoms with Crippen LogP contribution >= 0.6 is 0 Å². The highest BCUT2D eigenvalue weighted by atomic mass is 19.4. The molecule has 1 heterocycles. The molecule has 0 spiro atoms. The SMILES string of the molecule is CC(C)COc1cc2ccccc2cc1C(N1NC(=O)CC1(C)C)C(F)(F)F. The van der Waals surface area contributed by atoms with E-state index in [4.69, 9.17) is 4.74 Å². The molecule has 0 radical (unpaired) electrons.